The maximum Gasteiger partial charge on any atom is 0.191 e. The van der Waals surface area contributed by atoms with Gasteiger partial charge in [0.1, 0.15) is 11.6 Å². The molecule has 0 aliphatic heterocycles. The number of nitrogens with one attached hydrogen (secondary N) is 2. The predicted octanol–water partition coefficient (Wildman–Crippen LogP) is 4.43. The van der Waals surface area contributed by atoms with Gasteiger partial charge >= 0.3 is 0 Å². The molecule has 174 valence electrons. The van der Waals surface area contributed by atoms with Crippen LogP contribution in [0.1, 0.15) is 24.7 Å². The summed E-state index contributed by atoms with van der Waals surface area (Å²) in [6.07, 6.45) is 5.86. The Hall–Kier alpha value is -2.95. The minimum absolute atomic E-state index is 0. The molecular formula is C24H29FIN7. The third kappa shape index (κ3) is 6.10. The zero-order valence-electron chi connectivity index (χ0n) is 18.8. The van der Waals surface area contributed by atoms with Gasteiger partial charge in [-0.2, -0.15) is 0 Å². The number of para-hydroxylation sites is 2. The zero-order valence-corrected chi connectivity index (χ0v) is 21.2. The molecular weight excluding hydrogens is 532 g/mol. The number of aliphatic imine (C=N–C) groups is 1. The van der Waals surface area contributed by atoms with Crippen molar-refractivity contribution in [3.8, 4) is 5.69 Å². The SMILES string of the molecule is CCNC(=NCc1ccc(-n2ccnc2)c(F)c1)NCCCn1c(C)nc2ccccc21.I. The molecule has 0 bridgehead atoms. The van der Waals surface area contributed by atoms with Crippen molar-refractivity contribution < 1.29 is 4.39 Å². The number of guanidine groups is 1. The number of hydrogen-bond acceptors (Lipinski definition) is 3. The van der Waals surface area contributed by atoms with Gasteiger partial charge in [-0.05, 0) is 50.1 Å². The van der Waals surface area contributed by atoms with Crippen LogP contribution in [0.3, 0.4) is 0 Å². The van der Waals surface area contributed by atoms with E-state index in [-0.39, 0.29) is 29.8 Å². The van der Waals surface area contributed by atoms with Gasteiger partial charge in [0, 0.05) is 32.0 Å². The highest BCUT2D eigenvalue weighted by Crippen LogP contribution is 2.16. The van der Waals surface area contributed by atoms with Crippen LogP contribution < -0.4 is 10.6 Å². The predicted molar refractivity (Wildman–Crippen MR) is 141 cm³/mol. The second-order valence-corrected chi connectivity index (χ2v) is 7.53. The molecule has 0 fully saturated rings. The maximum absolute atomic E-state index is 14.5. The monoisotopic (exact) mass is 561 g/mol. The Kier molecular flexibility index (Phi) is 8.81. The summed E-state index contributed by atoms with van der Waals surface area (Å²) in [4.78, 5) is 13.2. The number of imidazole rings is 2. The zero-order chi connectivity index (χ0) is 22.3. The molecule has 4 aromatic rings. The molecule has 2 heterocycles. The molecule has 0 atom stereocenters. The number of hydrogen-bond donors (Lipinski definition) is 2. The summed E-state index contributed by atoms with van der Waals surface area (Å²) >= 11 is 0. The summed E-state index contributed by atoms with van der Waals surface area (Å²) in [7, 11) is 0. The van der Waals surface area contributed by atoms with Gasteiger partial charge < -0.3 is 19.8 Å². The van der Waals surface area contributed by atoms with Crippen LogP contribution in [0.15, 0.2) is 66.2 Å². The van der Waals surface area contributed by atoms with Crippen LogP contribution >= 0.6 is 24.0 Å². The Bertz CT molecular complexity index is 1200. The van der Waals surface area contributed by atoms with Crippen LogP contribution in [0.2, 0.25) is 0 Å². The molecule has 0 aliphatic rings. The fourth-order valence-electron chi connectivity index (χ4n) is 3.69. The second-order valence-electron chi connectivity index (χ2n) is 7.53. The topological polar surface area (TPSA) is 72.1 Å². The lowest BCUT2D eigenvalue weighted by Gasteiger charge is -2.12. The van der Waals surface area contributed by atoms with E-state index >= 15 is 0 Å². The van der Waals surface area contributed by atoms with Crippen LogP contribution in [0.4, 0.5) is 4.39 Å². The van der Waals surface area contributed by atoms with Crippen LogP contribution in [0, 0.1) is 12.7 Å². The first-order valence-corrected chi connectivity index (χ1v) is 10.9. The lowest BCUT2D eigenvalue weighted by Crippen LogP contribution is -2.38. The van der Waals surface area contributed by atoms with E-state index in [4.69, 9.17) is 0 Å². The quantitative estimate of drug-likeness (QED) is 0.145. The molecule has 0 saturated carbocycles. The number of benzene rings is 2. The van der Waals surface area contributed by atoms with Crippen molar-refractivity contribution in [2.24, 2.45) is 4.99 Å². The van der Waals surface area contributed by atoms with Gasteiger partial charge in [0.2, 0.25) is 0 Å². The molecule has 9 heteroatoms. The molecule has 0 amide bonds. The van der Waals surface area contributed by atoms with Crippen molar-refractivity contribution in [3.05, 3.63) is 78.4 Å². The lowest BCUT2D eigenvalue weighted by molar-refractivity contribution is 0.615. The van der Waals surface area contributed by atoms with Crippen LogP contribution in [0.5, 0.6) is 0 Å². The van der Waals surface area contributed by atoms with E-state index in [1.807, 2.05) is 38.1 Å². The van der Waals surface area contributed by atoms with E-state index in [2.05, 4.69) is 36.2 Å². The Balaban J connectivity index is 0.00000306. The van der Waals surface area contributed by atoms with Gasteiger partial charge in [-0.25, -0.2) is 19.4 Å². The summed E-state index contributed by atoms with van der Waals surface area (Å²) in [5, 5.41) is 6.62. The van der Waals surface area contributed by atoms with E-state index in [0.29, 0.717) is 12.2 Å². The number of aromatic nitrogens is 4. The molecule has 2 aromatic carbocycles. The van der Waals surface area contributed by atoms with E-state index < -0.39 is 0 Å². The molecule has 0 radical (unpaired) electrons. The summed E-state index contributed by atoms with van der Waals surface area (Å²) < 4.78 is 18.4. The average molecular weight is 561 g/mol. The molecule has 7 nitrogen and oxygen atoms in total. The third-order valence-electron chi connectivity index (χ3n) is 5.25. The van der Waals surface area contributed by atoms with Gasteiger partial charge in [-0.15, -0.1) is 24.0 Å². The van der Waals surface area contributed by atoms with Crippen molar-refractivity contribution in [2.45, 2.75) is 33.4 Å². The first-order valence-electron chi connectivity index (χ1n) is 10.9. The fourth-order valence-corrected chi connectivity index (χ4v) is 3.69. The minimum Gasteiger partial charge on any atom is -0.357 e. The van der Waals surface area contributed by atoms with Gasteiger partial charge in [0.15, 0.2) is 5.96 Å². The van der Waals surface area contributed by atoms with E-state index in [1.54, 1.807) is 29.4 Å². The maximum atomic E-state index is 14.5. The molecule has 0 aliphatic carbocycles. The third-order valence-corrected chi connectivity index (χ3v) is 5.25. The van der Waals surface area contributed by atoms with Gasteiger partial charge in [-0.3, -0.25) is 0 Å². The molecule has 0 unspecified atom stereocenters. The summed E-state index contributed by atoms with van der Waals surface area (Å²) in [5.74, 6) is 1.45. The highest BCUT2D eigenvalue weighted by molar-refractivity contribution is 14.0. The largest absolute Gasteiger partial charge is 0.357 e. The van der Waals surface area contributed by atoms with E-state index in [9.17, 15) is 4.39 Å². The lowest BCUT2D eigenvalue weighted by atomic mass is 10.2. The van der Waals surface area contributed by atoms with Crippen LogP contribution in [-0.4, -0.2) is 38.2 Å². The Morgan fingerprint density at radius 1 is 1.15 bits per heavy atom. The molecule has 4 rings (SSSR count). The molecule has 0 spiro atoms. The number of halogens is 2. The number of nitrogens with zero attached hydrogens (tertiary/aromatic N) is 5. The Labute approximate surface area is 210 Å². The highest BCUT2D eigenvalue weighted by Gasteiger charge is 2.07. The average Bonchev–Trinajstić information content (AvgIpc) is 3.43. The summed E-state index contributed by atoms with van der Waals surface area (Å²) in [6, 6.07) is 13.4. The standard InChI is InChI=1S/C24H28FN7.HI/c1-3-27-24(28-11-6-13-32-18(2)30-21-7-4-5-8-23(21)32)29-16-19-9-10-22(20(25)15-19)31-14-12-26-17-31;/h4-5,7-10,12,14-15,17H,3,6,11,13,16H2,1-2H3,(H2,27,28,29);1H. The molecule has 33 heavy (non-hydrogen) atoms. The van der Waals surface area contributed by atoms with Crippen LogP contribution in [-0.2, 0) is 13.1 Å². The van der Waals surface area contributed by atoms with E-state index in [1.165, 1.54) is 6.07 Å². The minimum atomic E-state index is -0.295. The second kappa shape index (κ2) is 11.8. The summed E-state index contributed by atoms with van der Waals surface area (Å²) in [5.41, 5.74) is 3.47. The Morgan fingerprint density at radius 2 is 2.00 bits per heavy atom. The molecule has 2 N–H and O–H groups in total. The first kappa shape index (κ1) is 24.7. The van der Waals surface area contributed by atoms with Crippen molar-refractivity contribution in [3.63, 3.8) is 0 Å². The highest BCUT2D eigenvalue weighted by atomic mass is 127. The van der Waals surface area contributed by atoms with Crippen LogP contribution in [0.25, 0.3) is 16.7 Å². The first-order chi connectivity index (χ1) is 15.7. The van der Waals surface area contributed by atoms with Crippen molar-refractivity contribution in [1.29, 1.82) is 0 Å². The molecule has 2 aromatic heterocycles. The van der Waals surface area contributed by atoms with E-state index in [0.717, 1.165) is 54.4 Å². The van der Waals surface area contributed by atoms with Crippen molar-refractivity contribution >= 4 is 41.0 Å². The number of aryl methyl sites for hydroxylation is 2. The Morgan fingerprint density at radius 3 is 2.76 bits per heavy atom. The number of fused-ring (bicyclic) bond motifs is 1. The smallest absolute Gasteiger partial charge is 0.191 e. The number of rotatable bonds is 8. The fraction of sp³-hybridized carbons (Fsp3) is 0.292. The molecule has 0 saturated heterocycles. The van der Waals surface area contributed by atoms with Gasteiger partial charge in [-0.1, -0.05) is 18.2 Å². The van der Waals surface area contributed by atoms with Gasteiger partial charge in [0.05, 0.1) is 29.6 Å². The van der Waals surface area contributed by atoms with Crippen molar-refractivity contribution in [2.75, 3.05) is 13.1 Å². The summed E-state index contributed by atoms with van der Waals surface area (Å²) in [6.45, 7) is 6.85. The van der Waals surface area contributed by atoms with Gasteiger partial charge in [0.25, 0.3) is 0 Å². The normalized spacial score (nSPS) is 11.4. The van der Waals surface area contributed by atoms with Crippen molar-refractivity contribution in [1.82, 2.24) is 29.7 Å².